The second-order valence-electron chi connectivity index (χ2n) is 4.89. The average molecular weight is 228 g/mol. The highest BCUT2D eigenvalue weighted by Gasteiger charge is 2.25. The second kappa shape index (κ2) is 5.31. The average Bonchev–Trinajstić information content (AvgIpc) is 2.37. The minimum atomic E-state index is 0.114. The molecular formula is C16H20O. The summed E-state index contributed by atoms with van der Waals surface area (Å²) < 4.78 is 0. The zero-order valence-corrected chi connectivity index (χ0v) is 10.5. The number of hydrogen-bond donors (Lipinski definition) is 0. The highest BCUT2D eigenvalue weighted by atomic mass is 16.1. The van der Waals surface area contributed by atoms with Crippen molar-refractivity contribution < 1.29 is 4.79 Å². The van der Waals surface area contributed by atoms with Crippen LogP contribution in [0.4, 0.5) is 0 Å². The molecule has 0 saturated carbocycles. The summed E-state index contributed by atoms with van der Waals surface area (Å²) in [5.74, 6) is 0.465. The van der Waals surface area contributed by atoms with Crippen molar-refractivity contribution >= 4 is 5.78 Å². The highest BCUT2D eigenvalue weighted by molar-refractivity contribution is 5.88. The Balaban J connectivity index is 2.18. The first-order chi connectivity index (χ1) is 8.22. The Labute approximate surface area is 104 Å². The summed E-state index contributed by atoms with van der Waals surface area (Å²) in [4.78, 5) is 12.3. The molecule has 1 aliphatic carbocycles. The van der Waals surface area contributed by atoms with Gasteiger partial charge in [0, 0.05) is 12.3 Å². The van der Waals surface area contributed by atoms with E-state index in [1.54, 1.807) is 0 Å². The molecule has 1 heteroatoms. The number of hydrogen-bond acceptors (Lipinski definition) is 1. The normalized spacial score (nSPS) is 18.5. The van der Waals surface area contributed by atoms with Crippen molar-refractivity contribution in [3.63, 3.8) is 0 Å². The fourth-order valence-corrected chi connectivity index (χ4v) is 2.58. The number of ketones is 1. The lowest BCUT2D eigenvalue weighted by Gasteiger charge is -2.24. The molecule has 1 nitrogen and oxygen atoms in total. The molecule has 0 amide bonds. The van der Waals surface area contributed by atoms with E-state index in [1.165, 1.54) is 11.1 Å². The third-order valence-corrected chi connectivity index (χ3v) is 3.68. The van der Waals surface area contributed by atoms with Crippen LogP contribution in [0.3, 0.4) is 0 Å². The van der Waals surface area contributed by atoms with Crippen molar-refractivity contribution in [2.24, 2.45) is 0 Å². The van der Waals surface area contributed by atoms with E-state index in [4.69, 9.17) is 0 Å². The number of carbonyl (C=O) groups is 1. The molecule has 1 aliphatic rings. The lowest BCUT2D eigenvalue weighted by atomic mass is 9.79. The van der Waals surface area contributed by atoms with Gasteiger partial charge >= 0.3 is 0 Å². The van der Waals surface area contributed by atoms with Crippen LogP contribution in [0.15, 0.2) is 36.4 Å². The van der Waals surface area contributed by atoms with Crippen molar-refractivity contribution in [1.82, 2.24) is 0 Å². The Morgan fingerprint density at radius 1 is 1.41 bits per heavy atom. The molecule has 0 bridgehead atoms. The Hall–Kier alpha value is -1.37. The fourth-order valence-electron chi connectivity index (χ4n) is 2.58. The maximum Gasteiger partial charge on any atom is 0.144 e. The maximum atomic E-state index is 12.3. The van der Waals surface area contributed by atoms with Gasteiger partial charge in [0.05, 0.1) is 0 Å². The Morgan fingerprint density at radius 2 is 2.18 bits per heavy atom. The summed E-state index contributed by atoms with van der Waals surface area (Å²) in [7, 11) is 0. The van der Waals surface area contributed by atoms with Crippen LogP contribution in [-0.4, -0.2) is 5.78 Å². The number of carbonyl (C=O) groups excluding carboxylic acids is 1. The van der Waals surface area contributed by atoms with Crippen LogP contribution in [0.25, 0.3) is 0 Å². The molecule has 1 unspecified atom stereocenters. The minimum absolute atomic E-state index is 0.114. The first kappa shape index (κ1) is 12.1. The van der Waals surface area contributed by atoms with E-state index in [9.17, 15) is 4.79 Å². The summed E-state index contributed by atoms with van der Waals surface area (Å²) in [6, 6.07) is 8.38. The molecule has 0 saturated heterocycles. The van der Waals surface area contributed by atoms with Crippen molar-refractivity contribution in [3.8, 4) is 0 Å². The van der Waals surface area contributed by atoms with Crippen LogP contribution >= 0.6 is 0 Å². The van der Waals surface area contributed by atoms with Crippen molar-refractivity contribution in [2.75, 3.05) is 0 Å². The van der Waals surface area contributed by atoms with Crippen LogP contribution in [-0.2, 0) is 11.2 Å². The zero-order chi connectivity index (χ0) is 12.3. The molecule has 0 heterocycles. The summed E-state index contributed by atoms with van der Waals surface area (Å²) in [6.07, 6.45) is 4.71. The summed E-state index contributed by atoms with van der Waals surface area (Å²) >= 11 is 0. The molecular weight excluding hydrogens is 208 g/mol. The number of fused-ring (bicyclic) bond motifs is 1. The largest absolute Gasteiger partial charge is 0.299 e. The predicted octanol–water partition coefficient (Wildman–Crippen LogP) is 4.03. The molecule has 0 aromatic heterocycles. The highest BCUT2D eigenvalue weighted by Crippen LogP contribution is 2.33. The summed E-state index contributed by atoms with van der Waals surface area (Å²) in [5.41, 5.74) is 3.67. The molecule has 0 aliphatic heterocycles. The van der Waals surface area contributed by atoms with Gasteiger partial charge in [0.25, 0.3) is 0 Å². The predicted molar refractivity (Wildman–Crippen MR) is 71.2 cm³/mol. The smallest absolute Gasteiger partial charge is 0.144 e. The number of benzene rings is 1. The Bertz CT molecular complexity index is 431. The lowest BCUT2D eigenvalue weighted by Crippen LogP contribution is -2.18. The SMILES string of the molecule is C=C(CC)CC(=O)C1CCCc2ccccc21. The van der Waals surface area contributed by atoms with E-state index in [0.717, 1.165) is 31.3 Å². The van der Waals surface area contributed by atoms with Crippen molar-refractivity contribution in [3.05, 3.63) is 47.5 Å². The molecule has 0 N–H and O–H groups in total. The standard InChI is InChI=1S/C16H20O/c1-3-12(2)11-16(17)15-10-6-8-13-7-4-5-9-14(13)15/h4-5,7,9,15H,2-3,6,8,10-11H2,1H3. The van der Waals surface area contributed by atoms with E-state index in [-0.39, 0.29) is 5.92 Å². The van der Waals surface area contributed by atoms with Gasteiger partial charge in [0.15, 0.2) is 0 Å². The molecule has 0 fully saturated rings. The fraction of sp³-hybridized carbons (Fsp3) is 0.438. The zero-order valence-electron chi connectivity index (χ0n) is 10.5. The molecule has 2 rings (SSSR count). The van der Waals surface area contributed by atoms with Gasteiger partial charge in [-0.3, -0.25) is 4.79 Å². The van der Waals surface area contributed by atoms with Gasteiger partial charge in [-0.1, -0.05) is 43.3 Å². The number of Topliss-reactive ketones (excluding diaryl/α,β-unsaturated/α-hetero) is 1. The van der Waals surface area contributed by atoms with Crippen LogP contribution < -0.4 is 0 Å². The Kier molecular flexibility index (Phi) is 3.78. The van der Waals surface area contributed by atoms with E-state index in [2.05, 4.69) is 31.7 Å². The molecule has 1 aromatic rings. The number of allylic oxidation sites excluding steroid dienone is 1. The molecule has 1 atom stereocenters. The van der Waals surface area contributed by atoms with Gasteiger partial charge < -0.3 is 0 Å². The molecule has 17 heavy (non-hydrogen) atoms. The van der Waals surface area contributed by atoms with E-state index >= 15 is 0 Å². The first-order valence-electron chi connectivity index (χ1n) is 6.49. The minimum Gasteiger partial charge on any atom is -0.299 e. The summed E-state index contributed by atoms with van der Waals surface area (Å²) in [6.45, 7) is 6.00. The van der Waals surface area contributed by atoms with E-state index in [1.807, 2.05) is 6.07 Å². The molecule has 1 aromatic carbocycles. The van der Waals surface area contributed by atoms with Gasteiger partial charge in [-0.05, 0) is 36.8 Å². The molecule has 90 valence electrons. The van der Waals surface area contributed by atoms with Gasteiger partial charge in [0.1, 0.15) is 5.78 Å². The van der Waals surface area contributed by atoms with Crippen LogP contribution in [0.2, 0.25) is 0 Å². The number of rotatable bonds is 4. The van der Waals surface area contributed by atoms with Crippen molar-refractivity contribution in [1.29, 1.82) is 0 Å². The third-order valence-electron chi connectivity index (χ3n) is 3.68. The molecule has 0 spiro atoms. The van der Waals surface area contributed by atoms with Gasteiger partial charge in [-0.25, -0.2) is 0 Å². The maximum absolute atomic E-state index is 12.3. The van der Waals surface area contributed by atoms with Crippen LogP contribution in [0.1, 0.15) is 49.7 Å². The van der Waals surface area contributed by atoms with Crippen molar-refractivity contribution in [2.45, 2.75) is 44.9 Å². The summed E-state index contributed by atoms with van der Waals surface area (Å²) in [5, 5.41) is 0. The first-order valence-corrected chi connectivity index (χ1v) is 6.49. The topological polar surface area (TPSA) is 17.1 Å². The monoisotopic (exact) mass is 228 g/mol. The van der Waals surface area contributed by atoms with Gasteiger partial charge in [-0.15, -0.1) is 0 Å². The van der Waals surface area contributed by atoms with E-state index in [0.29, 0.717) is 12.2 Å². The van der Waals surface area contributed by atoms with Gasteiger partial charge in [-0.2, -0.15) is 0 Å². The number of aryl methyl sites for hydroxylation is 1. The van der Waals surface area contributed by atoms with Crippen LogP contribution in [0, 0.1) is 0 Å². The van der Waals surface area contributed by atoms with Crippen LogP contribution in [0.5, 0.6) is 0 Å². The van der Waals surface area contributed by atoms with E-state index < -0.39 is 0 Å². The quantitative estimate of drug-likeness (QED) is 0.711. The molecule has 0 radical (unpaired) electrons. The van der Waals surface area contributed by atoms with Gasteiger partial charge in [0.2, 0.25) is 0 Å². The second-order valence-corrected chi connectivity index (χ2v) is 4.89. The Morgan fingerprint density at radius 3 is 2.94 bits per heavy atom. The lowest BCUT2D eigenvalue weighted by molar-refractivity contribution is -0.120. The third kappa shape index (κ3) is 2.66.